The topological polar surface area (TPSA) is 20.3 Å². The Morgan fingerprint density at radius 3 is 2.82 bits per heavy atom. The second-order valence-corrected chi connectivity index (χ2v) is 6.35. The molecule has 0 unspecified atom stereocenters. The van der Waals surface area contributed by atoms with E-state index < -0.39 is 0 Å². The number of halogens is 1. The normalized spacial score (nSPS) is 20.1. The van der Waals surface area contributed by atoms with Crippen molar-refractivity contribution < 1.29 is 4.79 Å². The minimum Gasteiger partial charge on any atom is -0.312 e. The van der Waals surface area contributed by atoms with E-state index in [2.05, 4.69) is 40.8 Å². The minimum absolute atomic E-state index is 0.286. The van der Waals surface area contributed by atoms with Gasteiger partial charge in [-0.05, 0) is 65.1 Å². The number of fused-ring (bicyclic) bond motifs is 1. The highest BCUT2D eigenvalue weighted by Crippen LogP contribution is 2.33. The van der Waals surface area contributed by atoms with Crippen molar-refractivity contribution in [3.05, 3.63) is 27.3 Å². The van der Waals surface area contributed by atoms with Crippen LogP contribution in [0.2, 0.25) is 0 Å². The fourth-order valence-corrected chi connectivity index (χ4v) is 3.56. The van der Waals surface area contributed by atoms with E-state index >= 15 is 0 Å². The lowest BCUT2D eigenvalue weighted by atomic mass is 10.1. The molecule has 0 aromatic heterocycles. The van der Waals surface area contributed by atoms with Crippen molar-refractivity contribution in [3.63, 3.8) is 0 Å². The molecule has 1 amide bonds. The molecule has 3 rings (SSSR count). The van der Waals surface area contributed by atoms with Crippen LogP contribution in [0.15, 0.2) is 18.2 Å². The molecule has 2 nitrogen and oxygen atoms in total. The summed E-state index contributed by atoms with van der Waals surface area (Å²) in [5.74, 6) is 1.01. The summed E-state index contributed by atoms with van der Waals surface area (Å²) < 4.78 is 1.22. The minimum atomic E-state index is 0.286. The maximum absolute atomic E-state index is 12.1. The van der Waals surface area contributed by atoms with Gasteiger partial charge in [0.05, 0.1) is 6.42 Å². The smallest absolute Gasteiger partial charge is 0.231 e. The Morgan fingerprint density at radius 2 is 2.06 bits per heavy atom. The lowest BCUT2D eigenvalue weighted by Gasteiger charge is -2.21. The molecule has 1 aliphatic heterocycles. The number of rotatable bonds is 2. The van der Waals surface area contributed by atoms with E-state index in [1.807, 2.05) is 4.90 Å². The number of anilines is 1. The Hall–Kier alpha value is -0.580. The Balaban J connectivity index is 1.83. The van der Waals surface area contributed by atoms with Crippen molar-refractivity contribution in [1.29, 1.82) is 0 Å². The molecule has 0 spiro atoms. The van der Waals surface area contributed by atoms with Crippen LogP contribution in [0.3, 0.4) is 0 Å². The van der Waals surface area contributed by atoms with Gasteiger partial charge in [-0.3, -0.25) is 4.79 Å². The molecule has 0 atom stereocenters. The van der Waals surface area contributed by atoms with Crippen molar-refractivity contribution in [2.24, 2.45) is 5.92 Å². The van der Waals surface area contributed by atoms with E-state index in [0.717, 1.165) is 18.2 Å². The van der Waals surface area contributed by atoms with Gasteiger partial charge in [-0.2, -0.15) is 0 Å². The van der Waals surface area contributed by atoms with Crippen molar-refractivity contribution in [2.75, 3.05) is 11.4 Å². The average molecular weight is 341 g/mol. The Bertz CT molecular complexity index is 452. The number of nitrogens with zero attached hydrogens (tertiary/aromatic N) is 1. The van der Waals surface area contributed by atoms with Crippen LogP contribution in [-0.4, -0.2) is 12.5 Å². The first-order chi connectivity index (χ1) is 8.24. The van der Waals surface area contributed by atoms with Crippen LogP contribution < -0.4 is 4.90 Å². The molecular formula is C14H16INO. The first-order valence-corrected chi connectivity index (χ1v) is 7.41. The molecule has 0 radical (unpaired) electrons. The summed E-state index contributed by atoms with van der Waals surface area (Å²) in [6, 6.07) is 6.35. The molecule has 17 heavy (non-hydrogen) atoms. The third-order valence-corrected chi connectivity index (χ3v) is 4.56. The average Bonchev–Trinajstić information content (AvgIpc) is 2.88. The van der Waals surface area contributed by atoms with Gasteiger partial charge in [0, 0.05) is 15.8 Å². The van der Waals surface area contributed by atoms with Crippen molar-refractivity contribution in [1.82, 2.24) is 0 Å². The first-order valence-electron chi connectivity index (χ1n) is 6.33. The lowest BCUT2D eigenvalue weighted by molar-refractivity contribution is -0.117. The van der Waals surface area contributed by atoms with Gasteiger partial charge >= 0.3 is 0 Å². The Morgan fingerprint density at radius 1 is 1.29 bits per heavy atom. The molecule has 1 aromatic rings. The molecule has 2 aliphatic rings. The van der Waals surface area contributed by atoms with Gasteiger partial charge in [0.2, 0.25) is 5.91 Å². The highest BCUT2D eigenvalue weighted by atomic mass is 127. The quantitative estimate of drug-likeness (QED) is 0.756. The highest BCUT2D eigenvalue weighted by Gasteiger charge is 2.29. The van der Waals surface area contributed by atoms with Crippen LogP contribution in [-0.2, 0) is 11.2 Å². The summed E-state index contributed by atoms with van der Waals surface area (Å²) in [6.45, 7) is 0.937. The summed E-state index contributed by atoms with van der Waals surface area (Å²) in [6.07, 6.45) is 5.87. The van der Waals surface area contributed by atoms with Crippen LogP contribution in [0.5, 0.6) is 0 Å². The molecule has 1 heterocycles. The van der Waals surface area contributed by atoms with Crippen LogP contribution >= 0.6 is 22.6 Å². The fourth-order valence-electron chi connectivity index (χ4n) is 3.00. The van der Waals surface area contributed by atoms with E-state index in [4.69, 9.17) is 0 Å². The second-order valence-electron chi connectivity index (χ2n) is 5.10. The van der Waals surface area contributed by atoms with E-state index in [9.17, 15) is 4.79 Å². The number of hydrogen-bond donors (Lipinski definition) is 0. The van der Waals surface area contributed by atoms with E-state index in [-0.39, 0.29) is 5.91 Å². The third kappa shape index (κ3) is 2.21. The van der Waals surface area contributed by atoms with Crippen molar-refractivity contribution in [3.8, 4) is 0 Å². The van der Waals surface area contributed by atoms with Crippen LogP contribution in [0.4, 0.5) is 5.69 Å². The number of carbonyl (C=O) groups excluding carboxylic acids is 1. The molecule has 1 saturated carbocycles. The van der Waals surface area contributed by atoms with E-state index in [0.29, 0.717) is 6.42 Å². The van der Waals surface area contributed by atoms with Gasteiger partial charge in [-0.15, -0.1) is 0 Å². The van der Waals surface area contributed by atoms with Gasteiger partial charge in [0.1, 0.15) is 0 Å². The van der Waals surface area contributed by atoms with Gasteiger partial charge < -0.3 is 4.90 Å². The molecule has 1 aromatic carbocycles. The summed E-state index contributed by atoms with van der Waals surface area (Å²) >= 11 is 2.31. The van der Waals surface area contributed by atoms with Crippen LogP contribution in [0.25, 0.3) is 0 Å². The first kappa shape index (κ1) is 11.5. The largest absolute Gasteiger partial charge is 0.312 e. The zero-order valence-electron chi connectivity index (χ0n) is 9.79. The van der Waals surface area contributed by atoms with E-state index in [1.165, 1.54) is 34.8 Å². The fraction of sp³-hybridized carbons (Fsp3) is 0.500. The molecule has 3 heteroatoms. The summed E-state index contributed by atoms with van der Waals surface area (Å²) in [5, 5.41) is 0. The summed E-state index contributed by atoms with van der Waals surface area (Å²) in [5.41, 5.74) is 2.36. The maximum Gasteiger partial charge on any atom is 0.231 e. The highest BCUT2D eigenvalue weighted by molar-refractivity contribution is 14.1. The molecule has 0 saturated heterocycles. The zero-order chi connectivity index (χ0) is 11.8. The standard InChI is InChI=1S/C14H16INO/c15-12-5-6-13-11(7-12)8-14(17)16(13)9-10-3-1-2-4-10/h5-7,10H,1-4,8-9H2. The molecule has 0 N–H and O–H groups in total. The lowest BCUT2D eigenvalue weighted by Crippen LogP contribution is -2.31. The number of amides is 1. The van der Waals surface area contributed by atoms with Crippen LogP contribution in [0.1, 0.15) is 31.2 Å². The molecule has 1 aliphatic carbocycles. The summed E-state index contributed by atoms with van der Waals surface area (Å²) in [4.78, 5) is 14.1. The second kappa shape index (κ2) is 4.59. The molecular weight excluding hydrogens is 325 g/mol. The zero-order valence-corrected chi connectivity index (χ0v) is 11.9. The Kier molecular flexibility index (Phi) is 3.11. The van der Waals surface area contributed by atoms with Gasteiger partial charge in [-0.1, -0.05) is 12.8 Å². The molecule has 0 bridgehead atoms. The predicted molar refractivity (Wildman–Crippen MR) is 77.2 cm³/mol. The SMILES string of the molecule is O=C1Cc2cc(I)ccc2N1CC1CCCC1. The monoisotopic (exact) mass is 341 g/mol. The van der Waals surface area contributed by atoms with Crippen molar-refractivity contribution in [2.45, 2.75) is 32.1 Å². The van der Waals surface area contributed by atoms with E-state index in [1.54, 1.807) is 0 Å². The predicted octanol–water partition coefficient (Wildman–Crippen LogP) is 3.37. The van der Waals surface area contributed by atoms with Crippen LogP contribution in [0, 0.1) is 9.49 Å². The van der Waals surface area contributed by atoms with Gasteiger partial charge in [0.15, 0.2) is 0 Å². The molecule has 1 fully saturated rings. The molecule has 90 valence electrons. The Labute approximate surface area is 116 Å². The summed E-state index contributed by atoms with van der Waals surface area (Å²) in [7, 11) is 0. The number of hydrogen-bond acceptors (Lipinski definition) is 1. The van der Waals surface area contributed by atoms with Gasteiger partial charge in [-0.25, -0.2) is 0 Å². The maximum atomic E-state index is 12.1. The number of carbonyl (C=O) groups is 1. The van der Waals surface area contributed by atoms with Gasteiger partial charge in [0.25, 0.3) is 0 Å². The van der Waals surface area contributed by atoms with Crippen molar-refractivity contribution >= 4 is 34.2 Å². The third-order valence-electron chi connectivity index (χ3n) is 3.89. The number of benzene rings is 1.